The van der Waals surface area contributed by atoms with Gasteiger partial charge in [0.05, 0.1) is 17.8 Å². The molecule has 2 aliphatic rings. The molecule has 7 heteroatoms. The Labute approximate surface area is 186 Å². The quantitative estimate of drug-likeness (QED) is 0.574. The molecule has 4 heterocycles. The Morgan fingerprint density at radius 2 is 2.00 bits per heavy atom. The zero-order valence-electron chi connectivity index (χ0n) is 16.4. The van der Waals surface area contributed by atoms with Gasteiger partial charge in [0.25, 0.3) is 0 Å². The Hall–Kier alpha value is -2.41. The lowest BCUT2D eigenvalue weighted by molar-refractivity contribution is 0.0961. The van der Waals surface area contributed by atoms with Crippen molar-refractivity contribution in [3.8, 4) is 0 Å². The van der Waals surface area contributed by atoms with Crippen LogP contribution in [0.15, 0.2) is 67.0 Å². The van der Waals surface area contributed by atoms with Crippen molar-refractivity contribution in [2.24, 2.45) is 0 Å². The highest BCUT2D eigenvalue weighted by molar-refractivity contribution is 7.80. The van der Waals surface area contributed by atoms with Crippen molar-refractivity contribution in [1.82, 2.24) is 14.9 Å². The van der Waals surface area contributed by atoms with Gasteiger partial charge in [-0.15, -0.1) is 0 Å². The monoisotopic (exact) mass is 438 g/mol. The maximum absolute atomic E-state index is 6.14. The van der Waals surface area contributed by atoms with E-state index >= 15 is 0 Å². The van der Waals surface area contributed by atoms with E-state index < -0.39 is 0 Å². The van der Waals surface area contributed by atoms with Gasteiger partial charge in [0.2, 0.25) is 0 Å². The molecule has 5 rings (SSSR count). The minimum atomic E-state index is -0.0625. The van der Waals surface area contributed by atoms with Crippen molar-refractivity contribution in [2.45, 2.75) is 37.6 Å². The number of hydrogen-bond donors (Lipinski definition) is 1. The number of ether oxygens (including phenoxy) is 1. The number of benzene rings is 1. The first-order valence-electron chi connectivity index (χ1n) is 10.2. The number of nitrogens with zero attached hydrogens (tertiary/aromatic N) is 3. The molecular formula is C23H23ClN4OS. The highest BCUT2D eigenvalue weighted by atomic mass is 35.5. The van der Waals surface area contributed by atoms with E-state index in [1.165, 1.54) is 5.69 Å². The molecule has 1 N–H and O–H groups in total. The summed E-state index contributed by atoms with van der Waals surface area (Å²) in [4.78, 5) is 6.80. The fourth-order valence-electron chi connectivity index (χ4n) is 4.40. The molecule has 3 atom stereocenters. The first-order chi connectivity index (χ1) is 14.7. The van der Waals surface area contributed by atoms with Crippen molar-refractivity contribution in [1.29, 1.82) is 0 Å². The van der Waals surface area contributed by atoms with Gasteiger partial charge < -0.3 is 19.5 Å². The molecule has 1 aromatic carbocycles. The van der Waals surface area contributed by atoms with Gasteiger partial charge in [0.15, 0.2) is 5.11 Å². The topological polar surface area (TPSA) is 42.3 Å². The Balaban J connectivity index is 1.57. The van der Waals surface area contributed by atoms with E-state index in [4.69, 9.17) is 28.6 Å². The smallest absolute Gasteiger partial charge is 0.174 e. The molecule has 2 saturated heterocycles. The second-order valence-electron chi connectivity index (χ2n) is 7.69. The number of hydrogen-bond acceptors (Lipinski definition) is 3. The molecule has 0 saturated carbocycles. The van der Waals surface area contributed by atoms with Crippen LogP contribution in [0.4, 0.5) is 5.69 Å². The standard InChI is InChI=1S/C23H23ClN4OS/c24-16-8-10-17(11-9-16)28-22(21(26-23(28)30)19-6-1-2-12-25-19)20-7-3-13-27(20)15-18-5-4-14-29-18/h1-3,6-13,18,21-22H,4-5,14-15H2,(H,26,30)/t18-,21-,22+/m0/s1. The summed E-state index contributed by atoms with van der Waals surface area (Å²) in [7, 11) is 0. The molecule has 0 bridgehead atoms. The number of anilines is 1. The van der Waals surface area contributed by atoms with E-state index in [9.17, 15) is 0 Å². The molecule has 30 heavy (non-hydrogen) atoms. The number of aromatic nitrogens is 2. The summed E-state index contributed by atoms with van der Waals surface area (Å²) in [6.45, 7) is 1.69. The van der Waals surface area contributed by atoms with Crippen LogP contribution in [0.2, 0.25) is 5.02 Å². The zero-order chi connectivity index (χ0) is 20.5. The highest BCUT2D eigenvalue weighted by Crippen LogP contribution is 2.42. The SMILES string of the molecule is S=C1N[C@@H](c2ccccn2)[C@@H](c2cccn2C[C@@H]2CCCO2)N1c1ccc(Cl)cc1. The minimum absolute atomic E-state index is 0.0371. The Kier molecular flexibility index (Phi) is 5.46. The van der Waals surface area contributed by atoms with E-state index in [-0.39, 0.29) is 18.2 Å². The van der Waals surface area contributed by atoms with Crippen LogP contribution in [-0.4, -0.2) is 27.4 Å². The molecular weight excluding hydrogens is 416 g/mol. The molecule has 2 aromatic heterocycles. The highest BCUT2D eigenvalue weighted by Gasteiger charge is 2.42. The summed E-state index contributed by atoms with van der Waals surface area (Å²) < 4.78 is 8.20. The summed E-state index contributed by atoms with van der Waals surface area (Å²) in [5.74, 6) is 0. The Morgan fingerprint density at radius 1 is 1.13 bits per heavy atom. The summed E-state index contributed by atoms with van der Waals surface area (Å²) in [6, 6.07) is 18.0. The van der Waals surface area contributed by atoms with Crippen LogP contribution in [0.5, 0.6) is 0 Å². The third-order valence-electron chi connectivity index (χ3n) is 5.79. The minimum Gasteiger partial charge on any atom is -0.376 e. The van der Waals surface area contributed by atoms with E-state index in [0.29, 0.717) is 10.1 Å². The average Bonchev–Trinajstić information content (AvgIpc) is 3.50. The molecule has 154 valence electrons. The molecule has 0 unspecified atom stereocenters. The maximum atomic E-state index is 6.14. The third-order valence-corrected chi connectivity index (χ3v) is 6.36. The molecule has 3 aromatic rings. The number of pyridine rings is 1. The summed E-state index contributed by atoms with van der Waals surface area (Å²) in [5.41, 5.74) is 3.15. The van der Waals surface area contributed by atoms with Crippen LogP contribution >= 0.6 is 23.8 Å². The van der Waals surface area contributed by atoms with Gasteiger partial charge in [0.1, 0.15) is 6.04 Å². The number of halogens is 1. The number of thiocarbonyl (C=S) groups is 1. The Bertz CT molecular complexity index is 1020. The van der Waals surface area contributed by atoms with Gasteiger partial charge in [-0.05, 0) is 73.6 Å². The van der Waals surface area contributed by atoms with Gasteiger partial charge in [-0.3, -0.25) is 4.98 Å². The second-order valence-corrected chi connectivity index (χ2v) is 8.52. The molecule has 5 nitrogen and oxygen atoms in total. The van der Waals surface area contributed by atoms with Gasteiger partial charge in [-0.2, -0.15) is 0 Å². The van der Waals surface area contributed by atoms with E-state index in [0.717, 1.165) is 37.4 Å². The van der Waals surface area contributed by atoms with E-state index in [1.807, 2.05) is 48.7 Å². The normalized spacial score (nSPS) is 23.7. The predicted molar refractivity (Wildman–Crippen MR) is 123 cm³/mol. The van der Waals surface area contributed by atoms with Crippen LogP contribution in [-0.2, 0) is 11.3 Å². The average molecular weight is 439 g/mol. The number of nitrogens with one attached hydrogen (secondary N) is 1. The largest absolute Gasteiger partial charge is 0.376 e. The second kappa shape index (κ2) is 8.38. The summed E-state index contributed by atoms with van der Waals surface area (Å²) in [5, 5.41) is 4.90. The van der Waals surface area contributed by atoms with Crippen molar-refractivity contribution in [3.63, 3.8) is 0 Å². The van der Waals surface area contributed by atoms with Gasteiger partial charge in [0, 0.05) is 41.9 Å². The van der Waals surface area contributed by atoms with Gasteiger partial charge >= 0.3 is 0 Å². The molecule has 0 spiro atoms. The van der Waals surface area contributed by atoms with Crippen molar-refractivity contribution in [2.75, 3.05) is 11.5 Å². The fourth-order valence-corrected chi connectivity index (χ4v) is 4.88. The lowest BCUT2D eigenvalue weighted by Crippen LogP contribution is -2.31. The van der Waals surface area contributed by atoms with Crippen molar-refractivity contribution < 1.29 is 4.74 Å². The van der Waals surface area contributed by atoms with Crippen LogP contribution in [0, 0.1) is 0 Å². The first-order valence-corrected chi connectivity index (χ1v) is 11.0. The molecule has 2 fully saturated rings. The molecule has 0 aliphatic carbocycles. The van der Waals surface area contributed by atoms with Gasteiger partial charge in [-0.1, -0.05) is 17.7 Å². The van der Waals surface area contributed by atoms with Gasteiger partial charge in [-0.25, -0.2) is 0 Å². The molecule has 0 radical (unpaired) electrons. The molecule has 2 aliphatic heterocycles. The summed E-state index contributed by atoms with van der Waals surface area (Å²) in [6.07, 6.45) is 6.45. The predicted octanol–water partition coefficient (Wildman–Crippen LogP) is 4.89. The maximum Gasteiger partial charge on any atom is 0.174 e. The van der Waals surface area contributed by atoms with Crippen LogP contribution in [0.25, 0.3) is 0 Å². The fraction of sp³-hybridized carbons (Fsp3) is 0.304. The van der Waals surface area contributed by atoms with E-state index in [2.05, 4.69) is 38.1 Å². The van der Waals surface area contributed by atoms with Crippen LogP contribution in [0.3, 0.4) is 0 Å². The summed E-state index contributed by atoms with van der Waals surface area (Å²) >= 11 is 11.9. The lowest BCUT2D eigenvalue weighted by atomic mass is 10.0. The third kappa shape index (κ3) is 3.71. The lowest BCUT2D eigenvalue weighted by Gasteiger charge is -2.29. The first kappa shape index (κ1) is 19.5. The zero-order valence-corrected chi connectivity index (χ0v) is 18.0. The van der Waals surface area contributed by atoms with Crippen molar-refractivity contribution >= 4 is 34.6 Å². The van der Waals surface area contributed by atoms with Crippen LogP contribution < -0.4 is 10.2 Å². The van der Waals surface area contributed by atoms with Crippen LogP contribution in [0.1, 0.15) is 36.3 Å². The molecule has 0 amide bonds. The Morgan fingerprint density at radius 3 is 2.73 bits per heavy atom. The van der Waals surface area contributed by atoms with Crippen molar-refractivity contribution in [3.05, 3.63) is 83.4 Å². The number of rotatable bonds is 5. The van der Waals surface area contributed by atoms with E-state index in [1.54, 1.807) is 0 Å².